The van der Waals surface area contributed by atoms with Crippen LogP contribution in [-0.4, -0.2) is 90.2 Å². The maximum atomic E-state index is 14.5. The fourth-order valence-electron chi connectivity index (χ4n) is 4.67. The van der Waals surface area contributed by atoms with Crippen LogP contribution in [0.4, 0.5) is 31.1 Å². The van der Waals surface area contributed by atoms with Crippen LogP contribution in [0.1, 0.15) is 54.8 Å². The smallest absolute Gasteiger partial charge is 0.449 e. The van der Waals surface area contributed by atoms with Crippen molar-refractivity contribution >= 4 is 18.0 Å². The number of azide groups is 1. The largest absolute Gasteiger partial charge is 0.458 e. The number of nitrogens with one attached hydrogen (secondary N) is 1. The molecule has 0 saturated carbocycles. The highest BCUT2D eigenvalue weighted by Crippen LogP contribution is 2.33. The molecular formula is C29H35F6N7O7. The number of benzene rings is 1. The second kappa shape index (κ2) is 17.2. The Kier molecular flexibility index (Phi) is 13.7. The average Bonchev–Trinajstić information content (AvgIpc) is 3.39. The highest BCUT2D eigenvalue weighted by atomic mass is 19.4. The minimum atomic E-state index is -4.95. The number of fused-ring (bicyclic) bond motifs is 1. The number of alkyl carbamates (subject to hydrolysis) is 1. The molecule has 49 heavy (non-hydrogen) atoms. The molecule has 0 bridgehead atoms. The molecule has 1 aliphatic rings. The third-order valence-corrected chi connectivity index (χ3v) is 6.74. The molecule has 1 atom stereocenters. The summed E-state index contributed by atoms with van der Waals surface area (Å²) in [5.41, 5.74) is 5.96. The zero-order chi connectivity index (χ0) is 36.4. The first-order chi connectivity index (χ1) is 23.0. The van der Waals surface area contributed by atoms with Crippen LogP contribution in [-0.2, 0) is 49.4 Å². The SMILES string of the molecule is CC(C)(C)OC(=O)N[C@@H](CC(=O)N1CCn2c(C(F)(F)F)nc(C(=O)OCCOCCOCCN=[N+]=[N-])c2C1)Cc1cc(F)c(F)cc1F. The van der Waals surface area contributed by atoms with Gasteiger partial charge in [-0.25, -0.2) is 27.7 Å². The Morgan fingerprint density at radius 2 is 1.65 bits per heavy atom. The van der Waals surface area contributed by atoms with E-state index in [-0.39, 0.29) is 57.4 Å². The Labute approximate surface area is 276 Å². The maximum absolute atomic E-state index is 14.5. The van der Waals surface area contributed by atoms with E-state index in [0.29, 0.717) is 12.1 Å². The van der Waals surface area contributed by atoms with Gasteiger partial charge in [0.05, 0.1) is 38.7 Å². The van der Waals surface area contributed by atoms with E-state index in [9.17, 15) is 40.7 Å². The van der Waals surface area contributed by atoms with E-state index >= 15 is 0 Å². The predicted molar refractivity (Wildman–Crippen MR) is 156 cm³/mol. The minimum absolute atomic E-state index is 0.0928. The summed E-state index contributed by atoms with van der Waals surface area (Å²) in [7, 11) is 0. The van der Waals surface area contributed by atoms with Crippen molar-refractivity contribution in [2.45, 2.75) is 64.5 Å². The summed E-state index contributed by atoms with van der Waals surface area (Å²) in [5.74, 6) is -7.21. The lowest BCUT2D eigenvalue weighted by Crippen LogP contribution is -2.45. The first kappa shape index (κ1) is 38.9. The van der Waals surface area contributed by atoms with Crippen molar-refractivity contribution in [3.8, 4) is 0 Å². The molecule has 0 radical (unpaired) electrons. The molecule has 1 aliphatic heterocycles. The predicted octanol–water partition coefficient (Wildman–Crippen LogP) is 4.69. The van der Waals surface area contributed by atoms with Crippen molar-refractivity contribution in [3.63, 3.8) is 0 Å². The number of alkyl halides is 3. The van der Waals surface area contributed by atoms with Crippen LogP contribution in [0.15, 0.2) is 17.2 Å². The molecule has 2 amide bonds. The molecule has 20 heteroatoms. The Morgan fingerprint density at radius 1 is 1.00 bits per heavy atom. The van der Waals surface area contributed by atoms with E-state index in [0.717, 1.165) is 9.47 Å². The number of nitrogens with zero attached hydrogens (tertiary/aromatic N) is 6. The van der Waals surface area contributed by atoms with Gasteiger partial charge in [-0.05, 0) is 44.4 Å². The Bertz CT molecular complexity index is 1540. The molecule has 2 aromatic rings. The van der Waals surface area contributed by atoms with Gasteiger partial charge in [0.25, 0.3) is 0 Å². The number of carbonyl (C=O) groups excluding carboxylic acids is 3. The van der Waals surface area contributed by atoms with E-state index in [2.05, 4.69) is 20.3 Å². The number of esters is 1. The second-order valence-electron chi connectivity index (χ2n) is 11.6. The van der Waals surface area contributed by atoms with Gasteiger partial charge in [0.2, 0.25) is 11.7 Å². The molecule has 0 unspecified atom stereocenters. The van der Waals surface area contributed by atoms with Crippen molar-refractivity contribution in [1.82, 2.24) is 19.8 Å². The molecule has 3 rings (SSSR count). The van der Waals surface area contributed by atoms with Crippen LogP contribution in [0.2, 0.25) is 0 Å². The van der Waals surface area contributed by atoms with Crippen LogP contribution in [0.25, 0.3) is 10.4 Å². The fourth-order valence-corrected chi connectivity index (χ4v) is 4.67. The molecular weight excluding hydrogens is 672 g/mol. The third kappa shape index (κ3) is 11.8. The second-order valence-corrected chi connectivity index (χ2v) is 11.6. The van der Waals surface area contributed by atoms with Gasteiger partial charge in [-0.1, -0.05) is 5.11 Å². The number of amides is 2. The molecule has 1 N–H and O–H groups in total. The molecule has 1 aromatic heterocycles. The standard InChI is InChI=1S/C29H35F6N7O7/c1-28(2,3)49-27(45)38-18(12-17-13-20(31)21(32)15-19(17)30)14-23(43)41-5-6-42-22(16-41)24(39-26(42)29(33,34)35)25(44)48-11-10-47-9-8-46-7-4-37-40-36/h13,15,18H,4-12,14,16H2,1-3H3,(H,38,45)/t18-/m1/s1. The summed E-state index contributed by atoms with van der Waals surface area (Å²) in [6.45, 7) is 3.62. The maximum Gasteiger partial charge on any atom is 0.449 e. The van der Waals surface area contributed by atoms with E-state index in [1.807, 2.05) is 0 Å². The molecule has 14 nitrogen and oxygen atoms in total. The highest BCUT2D eigenvalue weighted by molar-refractivity contribution is 5.89. The Morgan fingerprint density at radius 3 is 2.31 bits per heavy atom. The fraction of sp³-hybridized carbons (Fsp3) is 0.586. The summed E-state index contributed by atoms with van der Waals surface area (Å²) >= 11 is 0. The van der Waals surface area contributed by atoms with Crippen molar-refractivity contribution in [1.29, 1.82) is 0 Å². The molecule has 0 fully saturated rings. The van der Waals surface area contributed by atoms with Crippen molar-refractivity contribution in [2.24, 2.45) is 5.11 Å². The summed E-state index contributed by atoms with van der Waals surface area (Å²) in [6.07, 6.45) is -6.96. The van der Waals surface area contributed by atoms with E-state index in [1.165, 1.54) is 0 Å². The number of ether oxygens (including phenoxy) is 4. The first-order valence-electron chi connectivity index (χ1n) is 14.9. The lowest BCUT2D eigenvalue weighted by Gasteiger charge is -2.31. The van der Waals surface area contributed by atoms with Gasteiger partial charge in [-0.15, -0.1) is 0 Å². The lowest BCUT2D eigenvalue weighted by atomic mass is 10.0. The summed E-state index contributed by atoms with van der Waals surface area (Å²) in [4.78, 5) is 45.9. The summed E-state index contributed by atoms with van der Waals surface area (Å²) in [6, 6.07) is -0.318. The van der Waals surface area contributed by atoms with Crippen LogP contribution in [0, 0.1) is 17.5 Å². The minimum Gasteiger partial charge on any atom is -0.458 e. The highest BCUT2D eigenvalue weighted by Gasteiger charge is 2.42. The molecule has 0 spiro atoms. The lowest BCUT2D eigenvalue weighted by molar-refractivity contribution is -0.148. The van der Waals surface area contributed by atoms with Gasteiger partial charge >= 0.3 is 18.2 Å². The Hall–Kier alpha value is -4.55. The van der Waals surface area contributed by atoms with E-state index in [4.69, 9.17) is 24.5 Å². The van der Waals surface area contributed by atoms with Gasteiger partial charge in [-0.3, -0.25) is 4.79 Å². The van der Waals surface area contributed by atoms with Gasteiger partial charge in [0.15, 0.2) is 17.3 Å². The number of rotatable bonds is 15. The van der Waals surface area contributed by atoms with Crippen molar-refractivity contribution in [3.05, 3.63) is 62.8 Å². The van der Waals surface area contributed by atoms with Crippen molar-refractivity contribution < 1.29 is 59.7 Å². The normalized spacial score (nSPS) is 13.7. The van der Waals surface area contributed by atoms with Gasteiger partial charge < -0.3 is 33.7 Å². The average molecular weight is 708 g/mol. The summed E-state index contributed by atoms with van der Waals surface area (Å²) < 4.78 is 105. The quantitative estimate of drug-likeness (QED) is 0.0529. The van der Waals surface area contributed by atoms with Gasteiger partial charge in [0.1, 0.15) is 18.0 Å². The number of carbonyl (C=O) groups is 3. The van der Waals surface area contributed by atoms with Crippen LogP contribution >= 0.6 is 0 Å². The van der Waals surface area contributed by atoms with Crippen LogP contribution < -0.4 is 5.32 Å². The number of imidazole rings is 1. The van der Waals surface area contributed by atoms with Crippen molar-refractivity contribution in [2.75, 3.05) is 46.1 Å². The van der Waals surface area contributed by atoms with Gasteiger partial charge in [0, 0.05) is 43.1 Å². The number of halogens is 6. The monoisotopic (exact) mass is 707 g/mol. The topological polar surface area (TPSA) is 170 Å². The number of hydrogen-bond donors (Lipinski definition) is 1. The number of hydrogen-bond acceptors (Lipinski definition) is 9. The molecule has 2 heterocycles. The summed E-state index contributed by atoms with van der Waals surface area (Å²) in [5, 5.41) is 5.70. The zero-order valence-electron chi connectivity index (χ0n) is 26.8. The zero-order valence-corrected chi connectivity index (χ0v) is 26.8. The Balaban J connectivity index is 1.72. The first-order valence-corrected chi connectivity index (χ1v) is 14.9. The van der Waals surface area contributed by atoms with Gasteiger partial charge in [-0.2, -0.15) is 13.2 Å². The van der Waals surface area contributed by atoms with E-state index in [1.54, 1.807) is 20.8 Å². The van der Waals surface area contributed by atoms with Crippen LogP contribution in [0.5, 0.6) is 0 Å². The molecule has 1 aromatic carbocycles. The van der Waals surface area contributed by atoms with E-state index < -0.39 is 90.7 Å². The molecule has 0 saturated heterocycles. The third-order valence-electron chi connectivity index (χ3n) is 6.74. The molecule has 0 aliphatic carbocycles. The number of aromatic nitrogens is 2. The molecule has 270 valence electrons. The van der Waals surface area contributed by atoms with Crippen LogP contribution in [0.3, 0.4) is 0 Å².